The zero-order chi connectivity index (χ0) is 38.9. The van der Waals surface area contributed by atoms with Gasteiger partial charge in [0.2, 0.25) is 0 Å². The third kappa shape index (κ3) is 5.70. The number of benzene rings is 10. The lowest BCUT2D eigenvalue weighted by Gasteiger charge is -2.27. The van der Waals surface area contributed by atoms with Gasteiger partial charge in [-0.25, -0.2) is 0 Å². The largest absolute Gasteiger partial charge is 0.455 e. The standard InChI is InChI=1S/C56H35NOS/c1-2-12-39-33-43(23-22-36(39)10-1)41-14-7-13-40(32-41)37-24-28-45(29-25-37)57(51-19-9-20-52-55(51)50-31-26-38-11-3-4-17-47(38)56(50)58-52)46-16-8-15-42(34-46)44-27-30-49-48-18-5-6-21-53(48)59-54(49)35-44/h1-35H. The van der Waals surface area contributed by atoms with Gasteiger partial charge in [0.1, 0.15) is 11.2 Å². The molecule has 2 aromatic heterocycles. The van der Waals surface area contributed by atoms with Crippen LogP contribution in [-0.2, 0) is 0 Å². The lowest BCUT2D eigenvalue weighted by Crippen LogP contribution is -2.10. The van der Waals surface area contributed by atoms with Crippen LogP contribution in [0.2, 0.25) is 0 Å². The molecule has 0 saturated carbocycles. The Hall–Kier alpha value is -7.46. The third-order valence-electron chi connectivity index (χ3n) is 11.8. The molecule has 0 unspecified atom stereocenters. The van der Waals surface area contributed by atoms with Crippen LogP contribution in [0.5, 0.6) is 0 Å². The number of fused-ring (bicyclic) bond motifs is 9. The van der Waals surface area contributed by atoms with Crippen molar-refractivity contribution in [2.75, 3.05) is 4.90 Å². The van der Waals surface area contributed by atoms with Gasteiger partial charge in [0, 0.05) is 42.3 Å². The minimum Gasteiger partial charge on any atom is -0.455 e. The van der Waals surface area contributed by atoms with Crippen LogP contribution in [0, 0.1) is 0 Å². The van der Waals surface area contributed by atoms with Crippen LogP contribution in [0.4, 0.5) is 17.1 Å². The number of hydrogen-bond acceptors (Lipinski definition) is 3. The quantitative estimate of drug-likeness (QED) is 0.167. The number of hydrogen-bond donors (Lipinski definition) is 0. The van der Waals surface area contributed by atoms with Gasteiger partial charge in [-0.2, -0.15) is 0 Å². The van der Waals surface area contributed by atoms with Crippen molar-refractivity contribution in [1.29, 1.82) is 0 Å². The lowest BCUT2D eigenvalue weighted by atomic mass is 9.97. The molecule has 0 amide bonds. The Labute approximate surface area is 345 Å². The molecule has 0 aliphatic rings. The van der Waals surface area contributed by atoms with E-state index in [-0.39, 0.29) is 0 Å². The Morgan fingerprint density at radius 3 is 1.83 bits per heavy atom. The van der Waals surface area contributed by atoms with Crippen molar-refractivity contribution in [2.24, 2.45) is 0 Å². The summed E-state index contributed by atoms with van der Waals surface area (Å²) >= 11 is 1.86. The van der Waals surface area contributed by atoms with E-state index in [0.29, 0.717) is 0 Å². The fraction of sp³-hybridized carbons (Fsp3) is 0. The molecular formula is C56H35NOS. The van der Waals surface area contributed by atoms with Gasteiger partial charge in [-0.15, -0.1) is 11.3 Å². The Kier molecular flexibility index (Phi) is 7.75. The topological polar surface area (TPSA) is 16.4 Å². The molecule has 0 aliphatic carbocycles. The number of rotatable bonds is 6. The van der Waals surface area contributed by atoms with Gasteiger partial charge < -0.3 is 9.32 Å². The highest BCUT2D eigenvalue weighted by Crippen LogP contribution is 2.46. The van der Waals surface area contributed by atoms with Gasteiger partial charge in [-0.05, 0) is 116 Å². The maximum atomic E-state index is 6.71. The van der Waals surface area contributed by atoms with Crippen LogP contribution in [0.1, 0.15) is 0 Å². The summed E-state index contributed by atoms with van der Waals surface area (Å²) in [5.74, 6) is 0. The summed E-state index contributed by atoms with van der Waals surface area (Å²) in [4.78, 5) is 2.39. The van der Waals surface area contributed by atoms with Crippen molar-refractivity contribution in [3.8, 4) is 33.4 Å². The average molecular weight is 770 g/mol. The van der Waals surface area contributed by atoms with E-state index in [4.69, 9.17) is 4.42 Å². The molecular weight excluding hydrogens is 735 g/mol. The number of thiophene rings is 1. The molecule has 59 heavy (non-hydrogen) atoms. The first kappa shape index (κ1) is 33.7. The first-order valence-electron chi connectivity index (χ1n) is 20.1. The predicted molar refractivity (Wildman–Crippen MR) is 253 cm³/mol. The molecule has 0 fully saturated rings. The zero-order valence-corrected chi connectivity index (χ0v) is 32.8. The van der Waals surface area contributed by atoms with Crippen LogP contribution in [0.25, 0.3) is 97.0 Å². The molecule has 276 valence electrons. The molecule has 0 aliphatic heterocycles. The Balaban J connectivity index is 0.998. The maximum Gasteiger partial charge on any atom is 0.143 e. The SMILES string of the molecule is c1cc(-c2ccc(N(c3cccc(-c4ccc5c(c4)sc4ccccc45)c3)c3cccc4oc5c6ccccc6ccc5c34)cc2)cc(-c2ccc3ccccc3c2)c1. The molecule has 10 aromatic carbocycles. The second kappa shape index (κ2) is 13.6. The van der Waals surface area contributed by atoms with E-state index in [9.17, 15) is 0 Å². The summed E-state index contributed by atoms with van der Waals surface area (Å²) < 4.78 is 9.33. The molecule has 2 heterocycles. The second-order valence-electron chi connectivity index (χ2n) is 15.3. The summed E-state index contributed by atoms with van der Waals surface area (Å²) in [7, 11) is 0. The van der Waals surface area contributed by atoms with E-state index in [1.165, 1.54) is 69.7 Å². The van der Waals surface area contributed by atoms with Crippen molar-refractivity contribution in [1.82, 2.24) is 0 Å². The highest BCUT2D eigenvalue weighted by Gasteiger charge is 2.21. The van der Waals surface area contributed by atoms with Crippen molar-refractivity contribution >= 4 is 92.1 Å². The molecule has 0 radical (unpaired) electrons. The lowest BCUT2D eigenvalue weighted by molar-refractivity contribution is 0.672. The molecule has 3 heteroatoms. The molecule has 0 spiro atoms. The van der Waals surface area contributed by atoms with Crippen LogP contribution >= 0.6 is 11.3 Å². The van der Waals surface area contributed by atoms with E-state index < -0.39 is 0 Å². The van der Waals surface area contributed by atoms with Gasteiger partial charge in [-0.1, -0.05) is 146 Å². The van der Waals surface area contributed by atoms with Gasteiger partial charge in [-0.3, -0.25) is 0 Å². The highest BCUT2D eigenvalue weighted by atomic mass is 32.1. The average Bonchev–Trinajstić information content (AvgIpc) is 3.88. The van der Waals surface area contributed by atoms with Gasteiger partial charge in [0.15, 0.2) is 0 Å². The molecule has 0 atom stereocenters. The van der Waals surface area contributed by atoms with Crippen LogP contribution in [0.3, 0.4) is 0 Å². The highest BCUT2D eigenvalue weighted by molar-refractivity contribution is 7.25. The normalized spacial score (nSPS) is 11.7. The Bertz CT molecular complexity index is 3570. The van der Waals surface area contributed by atoms with Gasteiger partial charge in [0.05, 0.1) is 11.1 Å². The van der Waals surface area contributed by atoms with E-state index in [1.54, 1.807) is 0 Å². The Morgan fingerprint density at radius 2 is 0.949 bits per heavy atom. The van der Waals surface area contributed by atoms with Crippen LogP contribution in [-0.4, -0.2) is 0 Å². The summed E-state index contributed by atoms with van der Waals surface area (Å²) in [6, 6.07) is 77.0. The summed E-state index contributed by atoms with van der Waals surface area (Å²) in [6.45, 7) is 0. The van der Waals surface area contributed by atoms with Gasteiger partial charge in [0.25, 0.3) is 0 Å². The first-order valence-corrected chi connectivity index (χ1v) is 20.9. The Morgan fingerprint density at radius 1 is 0.339 bits per heavy atom. The fourth-order valence-corrected chi connectivity index (χ4v) is 10.1. The molecule has 12 aromatic rings. The molecule has 0 N–H and O–H groups in total. The second-order valence-corrected chi connectivity index (χ2v) is 16.4. The minimum atomic E-state index is 0.868. The van der Waals surface area contributed by atoms with Crippen molar-refractivity contribution in [3.63, 3.8) is 0 Å². The van der Waals surface area contributed by atoms with Gasteiger partial charge >= 0.3 is 0 Å². The number of nitrogens with zero attached hydrogens (tertiary/aromatic N) is 1. The van der Waals surface area contributed by atoms with E-state index in [0.717, 1.165) is 44.4 Å². The van der Waals surface area contributed by atoms with Crippen LogP contribution < -0.4 is 4.90 Å². The monoisotopic (exact) mass is 769 g/mol. The van der Waals surface area contributed by atoms with Crippen molar-refractivity contribution in [3.05, 3.63) is 212 Å². The molecule has 2 nitrogen and oxygen atoms in total. The summed E-state index contributed by atoms with van der Waals surface area (Å²) in [5.41, 5.74) is 12.1. The van der Waals surface area contributed by atoms with E-state index in [2.05, 4.69) is 217 Å². The predicted octanol–water partition coefficient (Wildman–Crippen LogP) is 16.7. The number of anilines is 3. The summed E-state index contributed by atoms with van der Waals surface area (Å²) in [5, 5.41) is 9.61. The summed E-state index contributed by atoms with van der Waals surface area (Å²) in [6.07, 6.45) is 0. The van der Waals surface area contributed by atoms with E-state index >= 15 is 0 Å². The van der Waals surface area contributed by atoms with Crippen molar-refractivity contribution < 1.29 is 4.42 Å². The minimum absolute atomic E-state index is 0.868. The smallest absolute Gasteiger partial charge is 0.143 e. The molecule has 0 saturated heterocycles. The molecule has 0 bridgehead atoms. The zero-order valence-electron chi connectivity index (χ0n) is 32.0. The fourth-order valence-electron chi connectivity index (χ4n) is 8.93. The maximum absolute atomic E-state index is 6.71. The van der Waals surface area contributed by atoms with Crippen LogP contribution in [0.15, 0.2) is 217 Å². The third-order valence-corrected chi connectivity index (χ3v) is 13.0. The number of furan rings is 1. The van der Waals surface area contributed by atoms with E-state index in [1.807, 2.05) is 11.3 Å². The first-order chi connectivity index (χ1) is 29.2. The molecule has 12 rings (SSSR count). The van der Waals surface area contributed by atoms with Crippen molar-refractivity contribution in [2.45, 2.75) is 0 Å².